The second kappa shape index (κ2) is 6.56. The molecule has 5 nitrogen and oxygen atoms in total. The SMILES string of the molecule is CSc1cccc(C)c1S(=O)(=O)OCO[PH2]=O. The zero-order chi connectivity index (χ0) is 12.9. The number of hydrogen-bond donors (Lipinski definition) is 0. The predicted molar refractivity (Wildman–Crippen MR) is 67.6 cm³/mol. The van der Waals surface area contributed by atoms with Gasteiger partial charge in [0, 0.05) is 4.90 Å². The van der Waals surface area contributed by atoms with Crippen molar-refractivity contribution in [2.75, 3.05) is 13.0 Å². The van der Waals surface area contributed by atoms with Crippen LogP contribution in [0.25, 0.3) is 0 Å². The van der Waals surface area contributed by atoms with E-state index in [1.165, 1.54) is 11.8 Å². The molecule has 1 unspecified atom stereocenters. The Balaban J connectivity index is 3.09. The van der Waals surface area contributed by atoms with Gasteiger partial charge >= 0.3 is 10.1 Å². The summed E-state index contributed by atoms with van der Waals surface area (Å²) in [4.78, 5) is 0.747. The molecule has 1 aromatic rings. The molecule has 8 heteroatoms. The van der Waals surface area contributed by atoms with E-state index in [9.17, 15) is 13.0 Å². The molecule has 0 aromatic heterocycles. The third-order valence-corrected chi connectivity index (χ3v) is 4.61. The van der Waals surface area contributed by atoms with Crippen LogP contribution < -0.4 is 0 Å². The van der Waals surface area contributed by atoms with Gasteiger partial charge in [-0.2, -0.15) is 8.42 Å². The summed E-state index contributed by atoms with van der Waals surface area (Å²) in [5, 5.41) is 0. The lowest BCUT2D eigenvalue weighted by Crippen LogP contribution is -2.10. The molecule has 0 fully saturated rings. The molecule has 0 radical (unpaired) electrons. The maximum atomic E-state index is 11.9. The minimum atomic E-state index is -3.88. The van der Waals surface area contributed by atoms with Crippen molar-refractivity contribution in [2.24, 2.45) is 0 Å². The van der Waals surface area contributed by atoms with E-state index >= 15 is 0 Å². The molecule has 0 spiro atoms. The van der Waals surface area contributed by atoms with Crippen molar-refractivity contribution in [2.45, 2.75) is 16.7 Å². The maximum absolute atomic E-state index is 11.9. The standard InChI is InChI=1S/C9H13O5PS2/c1-7-4-3-5-8(16-2)9(7)17(11,12)14-6-13-15-10/h3-5H,6,15H2,1-2H3. The lowest BCUT2D eigenvalue weighted by molar-refractivity contribution is 0.139. The molecule has 17 heavy (non-hydrogen) atoms. The summed E-state index contributed by atoms with van der Waals surface area (Å²) in [7, 11) is -5.35. The zero-order valence-electron chi connectivity index (χ0n) is 9.37. The molecule has 0 saturated carbocycles. The first kappa shape index (κ1) is 14.7. The second-order valence-electron chi connectivity index (χ2n) is 3.06. The van der Waals surface area contributed by atoms with Crippen LogP contribution in [0.5, 0.6) is 0 Å². The lowest BCUT2D eigenvalue weighted by atomic mass is 10.2. The molecule has 0 aliphatic heterocycles. The Kier molecular flexibility index (Phi) is 5.69. The molecule has 0 N–H and O–H groups in total. The van der Waals surface area contributed by atoms with Crippen molar-refractivity contribution in [1.82, 2.24) is 0 Å². The van der Waals surface area contributed by atoms with Crippen LogP contribution in [0.3, 0.4) is 0 Å². The van der Waals surface area contributed by atoms with Gasteiger partial charge in [0.1, 0.15) is 4.90 Å². The van der Waals surface area contributed by atoms with Crippen LogP contribution in [-0.4, -0.2) is 21.5 Å². The Labute approximate surface area is 106 Å². The fraction of sp³-hybridized carbons (Fsp3) is 0.333. The summed E-state index contributed by atoms with van der Waals surface area (Å²) >= 11 is 1.32. The van der Waals surface area contributed by atoms with E-state index < -0.39 is 25.6 Å². The average molecular weight is 296 g/mol. The fourth-order valence-corrected chi connectivity index (χ4v) is 3.70. The first-order valence-corrected chi connectivity index (χ1v) is 8.19. The highest BCUT2D eigenvalue weighted by Crippen LogP contribution is 2.29. The Hall–Kier alpha value is -0.330. The average Bonchev–Trinajstić information content (AvgIpc) is 2.28. The summed E-state index contributed by atoms with van der Waals surface area (Å²) in [5.41, 5.74) is 0.603. The minimum absolute atomic E-state index is 0.136. The normalized spacial score (nSPS) is 12.4. The predicted octanol–water partition coefficient (Wildman–Crippen LogP) is 2.07. The molecular formula is C9H13O5PS2. The van der Waals surface area contributed by atoms with Crippen LogP contribution in [0.1, 0.15) is 5.56 Å². The molecule has 96 valence electrons. The van der Waals surface area contributed by atoms with Gasteiger partial charge in [0.2, 0.25) is 0 Å². The molecule has 0 aliphatic carbocycles. The number of benzene rings is 1. The highest BCUT2D eigenvalue weighted by atomic mass is 32.2. The number of rotatable bonds is 6. The molecule has 0 aliphatic rings. The van der Waals surface area contributed by atoms with Crippen LogP contribution in [0, 0.1) is 6.92 Å². The van der Waals surface area contributed by atoms with Gasteiger partial charge in [-0.15, -0.1) is 11.8 Å². The van der Waals surface area contributed by atoms with Gasteiger partial charge in [-0.05, 0) is 24.8 Å². The Morgan fingerprint density at radius 2 is 2.12 bits per heavy atom. The van der Waals surface area contributed by atoms with Crippen molar-refractivity contribution in [3.63, 3.8) is 0 Å². The van der Waals surface area contributed by atoms with Crippen LogP contribution in [0.15, 0.2) is 28.0 Å². The zero-order valence-corrected chi connectivity index (χ0v) is 12.2. The fourth-order valence-electron chi connectivity index (χ4n) is 1.28. The third-order valence-electron chi connectivity index (χ3n) is 1.99. The van der Waals surface area contributed by atoms with Crippen LogP contribution >= 0.6 is 20.4 Å². The van der Waals surface area contributed by atoms with Crippen LogP contribution in [-0.2, 0) is 23.4 Å². The molecule has 1 atom stereocenters. The molecule has 0 bridgehead atoms. The van der Waals surface area contributed by atoms with Gasteiger partial charge in [0.05, 0.1) is 0 Å². The van der Waals surface area contributed by atoms with Crippen molar-refractivity contribution in [3.05, 3.63) is 23.8 Å². The van der Waals surface area contributed by atoms with Crippen LogP contribution in [0.2, 0.25) is 0 Å². The summed E-state index contributed by atoms with van der Waals surface area (Å²) in [6.45, 7) is 1.17. The van der Waals surface area contributed by atoms with E-state index in [1.54, 1.807) is 31.4 Å². The second-order valence-corrected chi connectivity index (χ2v) is 5.99. The summed E-state index contributed by atoms with van der Waals surface area (Å²) in [5.74, 6) is 0. The van der Waals surface area contributed by atoms with Gasteiger partial charge < -0.3 is 4.52 Å². The first-order valence-electron chi connectivity index (χ1n) is 4.61. The van der Waals surface area contributed by atoms with Crippen molar-refractivity contribution < 1.29 is 21.7 Å². The molecule has 1 aromatic carbocycles. The van der Waals surface area contributed by atoms with E-state index in [-0.39, 0.29) is 4.90 Å². The molecule has 0 amide bonds. The number of hydrogen-bond acceptors (Lipinski definition) is 6. The largest absolute Gasteiger partial charge is 0.304 e. The molecule has 0 saturated heterocycles. The van der Waals surface area contributed by atoms with Gasteiger partial charge in [0.25, 0.3) is 0 Å². The summed E-state index contributed by atoms with van der Waals surface area (Å²) < 4.78 is 43.0. The topological polar surface area (TPSA) is 69.7 Å². The van der Waals surface area contributed by atoms with Gasteiger partial charge in [-0.3, -0.25) is 4.57 Å². The van der Waals surface area contributed by atoms with Gasteiger partial charge in [-0.25, -0.2) is 4.18 Å². The van der Waals surface area contributed by atoms with E-state index in [1.807, 2.05) is 0 Å². The molecular weight excluding hydrogens is 283 g/mol. The summed E-state index contributed by atoms with van der Waals surface area (Å²) in [6.07, 6.45) is 1.78. The van der Waals surface area contributed by atoms with Crippen molar-refractivity contribution in [1.29, 1.82) is 0 Å². The van der Waals surface area contributed by atoms with E-state index in [2.05, 4.69) is 8.71 Å². The van der Waals surface area contributed by atoms with Crippen LogP contribution in [0.4, 0.5) is 0 Å². The maximum Gasteiger partial charge on any atom is 0.300 e. The Morgan fingerprint density at radius 3 is 2.71 bits per heavy atom. The Morgan fingerprint density at radius 1 is 1.41 bits per heavy atom. The van der Waals surface area contributed by atoms with Gasteiger partial charge in [0.15, 0.2) is 15.5 Å². The first-order chi connectivity index (χ1) is 8.03. The Bertz CT molecular complexity index is 500. The van der Waals surface area contributed by atoms with Crippen molar-refractivity contribution >= 4 is 30.6 Å². The van der Waals surface area contributed by atoms with Gasteiger partial charge in [-0.1, -0.05) is 12.1 Å². The summed E-state index contributed by atoms with van der Waals surface area (Å²) in [6, 6.07) is 5.17. The lowest BCUT2D eigenvalue weighted by Gasteiger charge is -2.10. The van der Waals surface area contributed by atoms with E-state index in [0.717, 1.165) is 0 Å². The number of aryl methyl sites for hydroxylation is 1. The van der Waals surface area contributed by atoms with E-state index in [4.69, 9.17) is 0 Å². The van der Waals surface area contributed by atoms with Crippen molar-refractivity contribution in [3.8, 4) is 0 Å². The number of thioether (sulfide) groups is 1. The highest BCUT2D eigenvalue weighted by molar-refractivity contribution is 7.99. The minimum Gasteiger partial charge on any atom is -0.304 e. The quantitative estimate of drug-likeness (QED) is 0.263. The highest BCUT2D eigenvalue weighted by Gasteiger charge is 2.21. The molecule has 1 rings (SSSR count). The smallest absolute Gasteiger partial charge is 0.300 e. The van der Waals surface area contributed by atoms with E-state index in [0.29, 0.717) is 10.5 Å². The third kappa shape index (κ3) is 3.82. The monoisotopic (exact) mass is 296 g/mol. The molecule has 0 heterocycles.